The van der Waals surface area contributed by atoms with Gasteiger partial charge in [-0.25, -0.2) is 8.78 Å². The van der Waals surface area contributed by atoms with E-state index in [1.165, 1.54) is 36.4 Å². The molecule has 0 aliphatic carbocycles. The first-order valence-corrected chi connectivity index (χ1v) is 5.92. The standard InChI is InChI=1S/C14H14F2N2O2/c15-9-1-3-13(11(17)7-9)19-5-6-20-14-4-2-10(16)8-12(14)18/h1-4,7-8H,5-6,17-18H2. The molecule has 0 aromatic heterocycles. The van der Waals surface area contributed by atoms with E-state index in [4.69, 9.17) is 20.9 Å². The van der Waals surface area contributed by atoms with Gasteiger partial charge in [-0.15, -0.1) is 0 Å². The van der Waals surface area contributed by atoms with Crippen LogP contribution >= 0.6 is 0 Å². The molecule has 4 N–H and O–H groups in total. The Morgan fingerprint density at radius 1 is 0.750 bits per heavy atom. The van der Waals surface area contributed by atoms with Crippen LogP contribution in [-0.4, -0.2) is 13.2 Å². The maximum atomic E-state index is 12.8. The average Bonchev–Trinajstić information content (AvgIpc) is 2.39. The van der Waals surface area contributed by atoms with Crippen LogP contribution in [0.4, 0.5) is 20.2 Å². The molecule has 2 aromatic rings. The molecule has 0 saturated carbocycles. The zero-order chi connectivity index (χ0) is 14.5. The lowest BCUT2D eigenvalue weighted by Crippen LogP contribution is -2.11. The fourth-order valence-electron chi connectivity index (χ4n) is 1.60. The predicted octanol–water partition coefficient (Wildman–Crippen LogP) is 2.59. The molecule has 0 saturated heterocycles. The van der Waals surface area contributed by atoms with Crippen molar-refractivity contribution in [3.8, 4) is 11.5 Å². The lowest BCUT2D eigenvalue weighted by molar-refractivity contribution is 0.218. The van der Waals surface area contributed by atoms with E-state index in [1.807, 2.05) is 0 Å². The molecule has 0 atom stereocenters. The van der Waals surface area contributed by atoms with Gasteiger partial charge in [-0.1, -0.05) is 0 Å². The molecule has 2 rings (SSSR count). The minimum absolute atomic E-state index is 0.201. The van der Waals surface area contributed by atoms with Gasteiger partial charge in [0.15, 0.2) is 0 Å². The molecule has 2 aromatic carbocycles. The van der Waals surface area contributed by atoms with Gasteiger partial charge in [0.2, 0.25) is 0 Å². The second-order valence-corrected chi connectivity index (χ2v) is 4.06. The number of benzene rings is 2. The van der Waals surface area contributed by atoms with Gasteiger partial charge in [0.1, 0.15) is 36.3 Å². The molecule has 6 heteroatoms. The summed E-state index contributed by atoms with van der Waals surface area (Å²) in [5.74, 6) is -0.0977. The number of nitrogen functional groups attached to an aromatic ring is 2. The highest BCUT2D eigenvalue weighted by atomic mass is 19.1. The zero-order valence-corrected chi connectivity index (χ0v) is 10.6. The molecule has 0 spiro atoms. The summed E-state index contributed by atoms with van der Waals surface area (Å²) in [7, 11) is 0. The fourth-order valence-corrected chi connectivity index (χ4v) is 1.60. The minimum Gasteiger partial charge on any atom is -0.488 e. The van der Waals surface area contributed by atoms with Crippen molar-refractivity contribution >= 4 is 11.4 Å². The highest BCUT2D eigenvalue weighted by molar-refractivity contribution is 5.53. The molecule has 0 unspecified atom stereocenters. The summed E-state index contributed by atoms with van der Waals surface area (Å²) in [5.41, 5.74) is 11.6. The summed E-state index contributed by atoms with van der Waals surface area (Å²) in [4.78, 5) is 0. The Bertz CT molecular complexity index is 552. The lowest BCUT2D eigenvalue weighted by atomic mass is 10.3. The molecule has 0 radical (unpaired) electrons. The number of hydrogen-bond acceptors (Lipinski definition) is 4. The molecule has 106 valence electrons. The van der Waals surface area contributed by atoms with Crippen LogP contribution in [0.1, 0.15) is 0 Å². The van der Waals surface area contributed by atoms with E-state index in [1.54, 1.807) is 0 Å². The van der Waals surface area contributed by atoms with Gasteiger partial charge in [-0.05, 0) is 24.3 Å². The molecule has 0 aliphatic rings. The topological polar surface area (TPSA) is 70.5 Å². The van der Waals surface area contributed by atoms with Crippen molar-refractivity contribution in [3.05, 3.63) is 48.0 Å². The Morgan fingerprint density at radius 2 is 1.15 bits per heavy atom. The van der Waals surface area contributed by atoms with Crippen molar-refractivity contribution in [1.29, 1.82) is 0 Å². The second-order valence-electron chi connectivity index (χ2n) is 4.06. The van der Waals surface area contributed by atoms with Crippen LogP contribution in [0.15, 0.2) is 36.4 Å². The van der Waals surface area contributed by atoms with Crippen LogP contribution in [0, 0.1) is 11.6 Å². The first-order chi connectivity index (χ1) is 9.56. The maximum absolute atomic E-state index is 12.8. The first-order valence-electron chi connectivity index (χ1n) is 5.92. The quantitative estimate of drug-likeness (QED) is 0.652. The number of halogens is 2. The Hall–Kier alpha value is -2.50. The zero-order valence-electron chi connectivity index (χ0n) is 10.6. The summed E-state index contributed by atoms with van der Waals surface area (Å²) < 4.78 is 36.3. The molecule has 0 aliphatic heterocycles. The predicted molar refractivity (Wildman–Crippen MR) is 72.6 cm³/mol. The van der Waals surface area contributed by atoms with Crippen LogP contribution in [0.25, 0.3) is 0 Å². The van der Waals surface area contributed by atoms with Gasteiger partial charge >= 0.3 is 0 Å². The third-order valence-corrected chi connectivity index (χ3v) is 2.54. The molecular weight excluding hydrogens is 266 g/mol. The number of hydrogen-bond donors (Lipinski definition) is 2. The van der Waals surface area contributed by atoms with E-state index in [2.05, 4.69) is 0 Å². The third kappa shape index (κ3) is 3.50. The van der Waals surface area contributed by atoms with Crippen LogP contribution in [0.5, 0.6) is 11.5 Å². The second kappa shape index (κ2) is 6.10. The maximum Gasteiger partial charge on any atom is 0.142 e. The largest absolute Gasteiger partial charge is 0.488 e. The summed E-state index contributed by atoms with van der Waals surface area (Å²) in [6.07, 6.45) is 0. The molecule has 4 nitrogen and oxygen atoms in total. The molecular formula is C14H14F2N2O2. The molecule has 20 heavy (non-hydrogen) atoms. The Balaban J connectivity index is 1.84. The summed E-state index contributed by atoms with van der Waals surface area (Å²) in [5, 5.41) is 0. The van der Waals surface area contributed by atoms with E-state index in [0.29, 0.717) is 11.5 Å². The van der Waals surface area contributed by atoms with Crippen molar-refractivity contribution < 1.29 is 18.3 Å². The monoisotopic (exact) mass is 280 g/mol. The van der Waals surface area contributed by atoms with Crippen molar-refractivity contribution in [2.45, 2.75) is 0 Å². The minimum atomic E-state index is -0.426. The number of nitrogens with two attached hydrogens (primary N) is 2. The van der Waals surface area contributed by atoms with Gasteiger partial charge in [-0.3, -0.25) is 0 Å². The fraction of sp³-hybridized carbons (Fsp3) is 0.143. The number of rotatable bonds is 5. The molecule has 0 fully saturated rings. The SMILES string of the molecule is Nc1cc(F)ccc1OCCOc1ccc(F)cc1N. The molecule has 0 bridgehead atoms. The summed E-state index contributed by atoms with van der Waals surface area (Å²) in [6.45, 7) is 0.402. The lowest BCUT2D eigenvalue weighted by Gasteiger charge is -2.11. The molecule has 0 heterocycles. The number of anilines is 2. The van der Waals surface area contributed by atoms with Gasteiger partial charge in [0.05, 0.1) is 11.4 Å². The Kier molecular flexibility index (Phi) is 4.24. The highest BCUT2D eigenvalue weighted by Crippen LogP contribution is 2.23. The normalized spacial score (nSPS) is 10.3. The number of ether oxygens (including phenoxy) is 2. The first kappa shape index (κ1) is 13.9. The Labute approximate surface area is 114 Å². The van der Waals surface area contributed by atoms with E-state index in [9.17, 15) is 8.78 Å². The van der Waals surface area contributed by atoms with Gasteiger partial charge in [-0.2, -0.15) is 0 Å². The van der Waals surface area contributed by atoms with E-state index in [0.717, 1.165) is 0 Å². The van der Waals surface area contributed by atoms with Crippen molar-refractivity contribution in [3.63, 3.8) is 0 Å². The van der Waals surface area contributed by atoms with Crippen LogP contribution in [0.2, 0.25) is 0 Å². The molecule has 0 amide bonds. The van der Waals surface area contributed by atoms with E-state index >= 15 is 0 Å². The van der Waals surface area contributed by atoms with Crippen LogP contribution < -0.4 is 20.9 Å². The Morgan fingerprint density at radius 3 is 1.50 bits per heavy atom. The summed E-state index contributed by atoms with van der Waals surface area (Å²) >= 11 is 0. The summed E-state index contributed by atoms with van der Waals surface area (Å²) in [6, 6.07) is 7.74. The van der Waals surface area contributed by atoms with Crippen LogP contribution in [-0.2, 0) is 0 Å². The van der Waals surface area contributed by atoms with Crippen molar-refractivity contribution in [1.82, 2.24) is 0 Å². The van der Waals surface area contributed by atoms with Gasteiger partial charge in [0, 0.05) is 12.1 Å². The van der Waals surface area contributed by atoms with E-state index in [-0.39, 0.29) is 24.6 Å². The van der Waals surface area contributed by atoms with Crippen molar-refractivity contribution in [2.75, 3.05) is 24.7 Å². The highest BCUT2D eigenvalue weighted by Gasteiger charge is 2.04. The van der Waals surface area contributed by atoms with E-state index < -0.39 is 11.6 Å². The average molecular weight is 280 g/mol. The van der Waals surface area contributed by atoms with Crippen LogP contribution in [0.3, 0.4) is 0 Å². The van der Waals surface area contributed by atoms with Gasteiger partial charge in [0.25, 0.3) is 0 Å². The van der Waals surface area contributed by atoms with Crippen molar-refractivity contribution in [2.24, 2.45) is 0 Å². The third-order valence-electron chi connectivity index (χ3n) is 2.54. The smallest absolute Gasteiger partial charge is 0.142 e. The van der Waals surface area contributed by atoms with Gasteiger partial charge < -0.3 is 20.9 Å².